The molecule has 76 valence electrons. The normalized spacial score (nSPS) is 14.2. The second kappa shape index (κ2) is 3.42. The molecule has 0 aromatic carbocycles. The van der Waals surface area contributed by atoms with Gasteiger partial charge in [-0.2, -0.15) is 0 Å². The quantitative estimate of drug-likeness (QED) is 0.729. The average Bonchev–Trinajstić information content (AvgIpc) is 2.78. The summed E-state index contributed by atoms with van der Waals surface area (Å²) >= 11 is 1.97. The molecule has 0 spiro atoms. The van der Waals surface area contributed by atoms with Crippen molar-refractivity contribution in [3.8, 4) is 11.3 Å². The molecule has 2 aromatic rings. The lowest BCUT2D eigenvalue weighted by molar-refractivity contribution is 0.894. The van der Waals surface area contributed by atoms with Crippen molar-refractivity contribution in [1.29, 1.82) is 0 Å². The van der Waals surface area contributed by atoms with E-state index in [4.69, 9.17) is 0 Å². The first kappa shape index (κ1) is 9.04. The van der Waals surface area contributed by atoms with Crippen LogP contribution in [-0.4, -0.2) is 9.55 Å². The first-order chi connectivity index (χ1) is 7.36. The van der Waals surface area contributed by atoms with Gasteiger partial charge in [0.2, 0.25) is 0 Å². The van der Waals surface area contributed by atoms with Gasteiger partial charge in [0.05, 0.1) is 11.6 Å². The summed E-state index contributed by atoms with van der Waals surface area (Å²) in [7, 11) is 0. The zero-order valence-electron chi connectivity index (χ0n) is 8.60. The van der Waals surface area contributed by atoms with E-state index in [0.29, 0.717) is 0 Å². The van der Waals surface area contributed by atoms with Crippen LogP contribution in [0.25, 0.3) is 11.3 Å². The third-order valence-corrected chi connectivity index (χ3v) is 3.72. The first-order valence-corrected chi connectivity index (χ1v) is 6.19. The molecule has 1 aliphatic rings. The van der Waals surface area contributed by atoms with E-state index in [9.17, 15) is 0 Å². The molecule has 0 N–H and O–H groups in total. The maximum atomic E-state index is 4.19. The largest absolute Gasteiger partial charge is 0.334 e. The van der Waals surface area contributed by atoms with E-state index >= 15 is 0 Å². The lowest BCUT2D eigenvalue weighted by Crippen LogP contribution is -1.95. The number of pyridine rings is 1. The second-order valence-corrected chi connectivity index (χ2v) is 4.77. The molecule has 0 aliphatic carbocycles. The summed E-state index contributed by atoms with van der Waals surface area (Å²) in [6, 6.07) is 6.42. The Kier molecular flexibility index (Phi) is 2.06. The van der Waals surface area contributed by atoms with Gasteiger partial charge < -0.3 is 4.57 Å². The molecule has 0 fully saturated rings. The van der Waals surface area contributed by atoms with Gasteiger partial charge in [-0.1, -0.05) is 0 Å². The fourth-order valence-corrected chi connectivity index (χ4v) is 3.16. The Hall–Kier alpha value is -1.22. The van der Waals surface area contributed by atoms with Gasteiger partial charge >= 0.3 is 0 Å². The van der Waals surface area contributed by atoms with Crippen LogP contribution in [0.15, 0.2) is 30.6 Å². The van der Waals surface area contributed by atoms with E-state index in [1.807, 2.05) is 30.2 Å². The SMILES string of the molecule is Cc1cc2n(c1-c1cccnc1)CSC2. The Morgan fingerprint density at radius 2 is 2.40 bits per heavy atom. The van der Waals surface area contributed by atoms with Crippen molar-refractivity contribution in [3.05, 3.63) is 41.9 Å². The zero-order valence-corrected chi connectivity index (χ0v) is 9.42. The second-order valence-electron chi connectivity index (χ2n) is 3.81. The molecule has 2 nitrogen and oxygen atoms in total. The highest BCUT2D eigenvalue weighted by atomic mass is 32.2. The standard InChI is InChI=1S/C12H12N2S/c1-9-5-11-7-15-8-14(11)12(9)10-3-2-4-13-6-10/h2-6H,7-8H2,1H3. The molecular weight excluding hydrogens is 204 g/mol. The number of fused-ring (bicyclic) bond motifs is 1. The minimum absolute atomic E-state index is 1.08. The Morgan fingerprint density at radius 1 is 1.47 bits per heavy atom. The van der Waals surface area contributed by atoms with Crippen LogP contribution in [0.5, 0.6) is 0 Å². The summed E-state index contributed by atoms with van der Waals surface area (Å²) < 4.78 is 2.40. The van der Waals surface area contributed by atoms with Gasteiger partial charge in [-0.3, -0.25) is 4.98 Å². The lowest BCUT2D eigenvalue weighted by atomic mass is 10.1. The Balaban J connectivity index is 2.20. The maximum absolute atomic E-state index is 4.19. The molecule has 0 radical (unpaired) electrons. The van der Waals surface area contributed by atoms with Crippen molar-refractivity contribution in [2.45, 2.75) is 18.6 Å². The molecule has 3 heterocycles. The van der Waals surface area contributed by atoms with Crippen LogP contribution in [0.1, 0.15) is 11.3 Å². The van der Waals surface area contributed by atoms with Crippen LogP contribution in [0, 0.1) is 6.92 Å². The molecule has 0 amide bonds. The summed E-state index contributed by atoms with van der Waals surface area (Å²) in [5, 5.41) is 0. The molecule has 0 saturated heterocycles. The fraction of sp³-hybridized carbons (Fsp3) is 0.250. The molecule has 0 unspecified atom stereocenters. The number of nitrogens with zero attached hydrogens (tertiary/aromatic N) is 2. The minimum Gasteiger partial charge on any atom is -0.334 e. The number of hydrogen-bond acceptors (Lipinski definition) is 2. The van der Waals surface area contributed by atoms with Crippen LogP contribution in [0.4, 0.5) is 0 Å². The van der Waals surface area contributed by atoms with Crippen molar-refractivity contribution in [2.75, 3.05) is 0 Å². The Morgan fingerprint density at radius 3 is 3.20 bits per heavy atom. The van der Waals surface area contributed by atoms with E-state index < -0.39 is 0 Å². The summed E-state index contributed by atoms with van der Waals surface area (Å²) in [5.41, 5.74) is 5.36. The van der Waals surface area contributed by atoms with Gasteiger partial charge in [0.15, 0.2) is 0 Å². The van der Waals surface area contributed by atoms with Crippen molar-refractivity contribution in [1.82, 2.24) is 9.55 Å². The molecule has 1 aliphatic heterocycles. The van der Waals surface area contributed by atoms with Gasteiger partial charge in [-0.25, -0.2) is 0 Å². The Labute approximate surface area is 93.3 Å². The van der Waals surface area contributed by atoms with Crippen molar-refractivity contribution in [3.63, 3.8) is 0 Å². The van der Waals surface area contributed by atoms with Crippen LogP contribution in [0.2, 0.25) is 0 Å². The number of aromatic nitrogens is 2. The monoisotopic (exact) mass is 216 g/mol. The molecule has 0 saturated carbocycles. The highest BCUT2D eigenvalue weighted by Gasteiger charge is 2.18. The maximum Gasteiger partial charge on any atom is 0.0689 e. The van der Waals surface area contributed by atoms with E-state index in [1.165, 1.54) is 22.5 Å². The van der Waals surface area contributed by atoms with Gasteiger partial charge in [0, 0.05) is 29.4 Å². The van der Waals surface area contributed by atoms with Gasteiger partial charge in [0.1, 0.15) is 0 Å². The zero-order chi connectivity index (χ0) is 10.3. The Bertz CT molecular complexity index is 488. The number of hydrogen-bond donors (Lipinski definition) is 0. The average molecular weight is 216 g/mol. The van der Waals surface area contributed by atoms with Crippen molar-refractivity contribution < 1.29 is 0 Å². The van der Waals surface area contributed by atoms with Crippen LogP contribution < -0.4 is 0 Å². The number of thioether (sulfide) groups is 1. The topological polar surface area (TPSA) is 17.8 Å². The first-order valence-electron chi connectivity index (χ1n) is 5.03. The molecular formula is C12H12N2S. The predicted octanol–water partition coefficient (Wildman–Crippen LogP) is 3.06. The van der Waals surface area contributed by atoms with Crippen LogP contribution in [0.3, 0.4) is 0 Å². The fourth-order valence-electron chi connectivity index (χ4n) is 2.15. The third-order valence-electron chi connectivity index (χ3n) is 2.78. The highest BCUT2D eigenvalue weighted by molar-refractivity contribution is 7.97. The highest BCUT2D eigenvalue weighted by Crippen LogP contribution is 2.34. The molecule has 3 rings (SSSR count). The lowest BCUT2D eigenvalue weighted by Gasteiger charge is -2.06. The van der Waals surface area contributed by atoms with Crippen molar-refractivity contribution in [2.24, 2.45) is 0 Å². The number of rotatable bonds is 1. The smallest absolute Gasteiger partial charge is 0.0689 e. The summed E-state index contributed by atoms with van der Waals surface area (Å²) in [5.74, 6) is 2.22. The molecule has 15 heavy (non-hydrogen) atoms. The third kappa shape index (κ3) is 1.38. The van der Waals surface area contributed by atoms with E-state index in [0.717, 1.165) is 11.6 Å². The summed E-state index contributed by atoms with van der Waals surface area (Å²) in [6.07, 6.45) is 3.76. The van der Waals surface area contributed by atoms with E-state index in [1.54, 1.807) is 0 Å². The van der Waals surface area contributed by atoms with E-state index in [-0.39, 0.29) is 0 Å². The summed E-state index contributed by atoms with van der Waals surface area (Å²) in [4.78, 5) is 4.19. The van der Waals surface area contributed by atoms with Gasteiger partial charge in [-0.15, -0.1) is 11.8 Å². The molecule has 0 atom stereocenters. The van der Waals surface area contributed by atoms with Crippen LogP contribution in [-0.2, 0) is 11.6 Å². The van der Waals surface area contributed by atoms with Gasteiger partial charge in [-0.05, 0) is 30.7 Å². The van der Waals surface area contributed by atoms with Crippen molar-refractivity contribution >= 4 is 11.8 Å². The molecule has 2 aromatic heterocycles. The van der Waals surface area contributed by atoms with Gasteiger partial charge in [0.25, 0.3) is 0 Å². The minimum atomic E-state index is 1.08. The molecule has 3 heteroatoms. The molecule has 0 bridgehead atoms. The number of aryl methyl sites for hydroxylation is 1. The van der Waals surface area contributed by atoms with E-state index in [2.05, 4.69) is 28.6 Å². The predicted molar refractivity (Wildman–Crippen MR) is 63.7 cm³/mol. The van der Waals surface area contributed by atoms with Crippen LogP contribution >= 0.6 is 11.8 Å². The summed E-state index contributed by atoms with van der Waals surface area (Å²) in [6.45, 7) is 2.18.